The molecule has 1 spiro atoms. The van der Waals surface area contributed by atoms with Gasteiger partial charge in [0.25, 0.3) is 0 Å². The first-order valence-electron chi connectivity index (χ1n) is 12.3. The van der Waals surface area contributed by atoms with Crippen molar-refractivity contribution in [3.8, 4) is 11.3 Å². The zero-order chi connectivity index (χ0) is 26.7. The van der Waals surface area contributed by atoms with Crippen LogP contribution in [0, 0.1) is 0 Å². The van der Waals surface area contributed by atoms with Crippen LogP contribution in [-0.2, 0) is 11.2 Å². The average Bonchev–Trinajstić information content (AvgIpc) is 3.54. The molecule has 12 nitrogen and oxygen atoms in total. The molecular formula is C25H28ClN9O3. The number of nitrogen functional groups attached to an aromatic ring is 2. The Balaban J connectivity index is 1.09. The van der Waals surface area contributed by atoms with Gasteiger partial charge >= 0.3 is 5.91 Å². The minimum Gasteiger partial charge on any atom is -0.382 e. The van der Waals surface area contributed by atoms with Crippen molar-refractivity contribution in [3.05, 3.63) is 53.0 Å². The second kappa shape index (κ2) is 10.7. The molecule has 0 atom stereocenters. The number of nitrogens with one attached hydrogen (secondary N) is 2. The van der Waals surface area contributed by atoms with Crippen molar-refractivity contribution in [1.29, 1.82) is 0 Å². The highest BCUT2D eigenvalue weighted by atomic mass is 35.5. The Morgan fingerprint density at radius 3 is 2.66 bits per heavy atom. The largest absolute Gasteiger partial charge is 0.382 e. The molecule has 0 radical (unpaired) electrons. The predicted octanol–water partition coefficient (Wildman–Crippen LogP) is 2.02. The van der Waals surface area contributed by atoms with Gasteiger partial charge in [0.1, 0.15) is 11.5 Å². The summed E-state index contributed by atoms with van der Waals surface area (Å²) < 4.78 is 5.44. The minimum atomic E-state index is -0.681. The van der Waals surface area contributed by atoms with Crippen LogP contribution in [0.25, 0.3) is 11.3 Å². The smallest absolute Gasteiger partial charge is 0.302 e. The fourth-order valence-electron chi connectivity index (χ4n) is 4.65. The number of anilines is 2. The highest BCUT2D eigenvalue weighted by molar-refractivity contribution is 6.31. The van der Waals surface area contributed by atoms with Gasteiger partial charge in [-0.1, -0.05) is 47.1 Å². The average molecular weight is 538 g/mol. The van der Waals surface area contributed by atoms with Gasteiger partial charge in [0.2, 0.25) is 5.91 Å². The van der Waals surface area contributed by atoms with E-state index in [-0.39, 0.29) is 33.9 Å². The van der Waals surface area contributed by atoms with Crippen LogP contribution in [0.1, 0.15) is 41.9 Å². The van der Waals surface area contributed by atoms with Crippen molar-refractivity contribution >= 4 is 41.0 Å². The molecule has 2 aromatic heterocycles. The van der Waals surface area contributed by atoms with E-state index in [0.717, 1.165) is 29.9 Å². The molecule has 2 aliphatic rings. The summed E-state index contributed by atoms with van der Waals surface area (Å²) in [5, 5.41) is 10.5. The molecule has 0 bridgehead atoms. The molecule has 2 aliphatic heterocycles. The fraction of sp³-hybridized carbons (Fsp3) is 0.360. The number of likely N-dealkylation sites (tertiary alicyclic amines) is 1. The first kappa shape index (κ1) is 25.5. The normalized spacial score (nSPS) is 17.4. The van der Waals surface area contributed by atoms with Gasteiger partial charge in [0.15, 0.2) is 28.4 Å². The minimum absolute atomic E-state index is 0.0547. The first-order valence-corrected chi connectivity index (χ1v) is 12.7. The quantitative estimate of drug-likeness (QED) is 0.363. The van der Waals surface area contributed by atoms with Gasteiger partial charge in [-0.25, -0.2) is 9.97 Å². The van der Waals surface area contributed by atoms with Crippen molar-refractivity contribution in [2.75, 3.05) is 31.1 Å². The summed E-state index contributed by atoms with van der Waals surface area (Å²) in [4.78, 5) is 39.0. The molecule has 4 heterocycles. The van der Waals surface area contributed by atoms with E-state index >= 15 is 0 Å². The summed E-state index contributed by atoms with van der Waals surface area (Å²) in [6, 6.07) is 11.8. The number of carbonyl (C=O) groups excluding carboxylic acids is 2. The van der Waals surface area contributed by atoms with Crippen molar-refractivity contribution < 1.29 is 14.1 Å². The topological polar surface area (TPSA) is 178 Å². The summed E-state index contributed by atoms with van der Waals surface area (Å²) >= 11 is 5.86. The molecule has 0 unspecified atom stereocenters. The van der Waals surface area contributed by atoms with E-state index in [0.29, 0.717) is 44.9 Å². The van der Waals surface area contributed by atoms with Crippen molar-refractivity contribution in [2.45, 2.75) is 37.6 Å². The molecule has 2 fully saturated rings. The van der Waals surface area contributed by atoms with Crippen LogP contribution in [-0.4, -0.2) is 63.0 Å². The highest BCUT2D eigenvalue weighted by Crippen LogP contribution is 2.26. The maximum Gasteiger partial charge on any atom is 0.302 e. The number of aryl methyl sites for hydroxylation is 1. The number of nitrogens with two attached hydrogens (primary N) is 2. The van der Waals surface area contributed by atoms with E-state index in [4.69, 9.17) is 27.6 Å². The number of halogens is 1. The molecule has 5 rings (SSSR count). The number of hydrogen-bond donors (Lipinski definition) is 4. The van der Waals surface area contributed by atoms with Gasteiger partial charge in [-0.15, -0.1) is 0 Å². The second-order valence-corrected chi connectivity index (χ2v) is 9.79. The first-order chi connectivity index (χ1) is 18.3. The fourth-order valence-corrected chi connectivity index (χ4v) is 4.77. The molecule has 2 amide bonds. The molecule has 0 aliphatic carbocycles. The maximum absolute atomic E-state index is 12.8. The van der Waals surface area contributed by atoms with Crippen LogP contribution in [0.15, 0.2) is 45.9 Å². The molecule has 198 valence electrons. The number of aromatic nitrogens is 3. The molecule has 13 heteroatoms. The van der Waals surface area contributed by atoms with Gasteiger partial charge in [-0.3, -0.25) is 9.59 Å². The van der Waals surface area contributed by atoms with Crippen molar-refractivity contribution in [1.82, 2.24) is 30.7 Å². The van der Waals surface area contributed by atoms with Crippen LogP contribution in [0.3, 0.4) is 0 Å². The van der Waals surface area contributed by atoms with Gasteiger partial charge in [0, 0.05) is 44.1 Å². The molecule has 0 saturated carbocycles. The number of rotatable bonds is 6. The van der Waals surface area contributed by atoms with E-state index < -0.39 is 5.91 Å². The highest BCUT2D eigenvalue weighted by Gasteiger charge is 2.40. The van der Waals surface area contributed by atoms with E-state index in [9.17, 15) is 9.59 Å². The summed E-state index contributed by atoms with van der Waals surface area (Å²) in [6.45, 7) is 1.81. The standard InChI is InChI=1S/C25H28ClN9O3/c26-20-22(28)31-21(27)19(30-20)23(37)32-24-29-14-25(33-24)9-11-35(12-10-25)18(36)8-4-7-16-13-17(34-38-16)15-5-2-1-3-6-15/h1-3,5-6,13H,4,7-12,14H2,(H4,27,28,31)(H2,29,32,33,37). The number of piperidine rings is 1. The van der Waals surface area contributed by atoms with E-state index in [1.807, 2.05) is 41.3 Å². The van der Waals surface area contributed by atoms with Gasteiger partial charge < -0.3 is 31.5 Å². The molecular weight excluding hydrogens is 510 g/mol. The summed E-state index contributed by atoms with van der Waals surface area (Å²) in [5.41, 5.74) is 12.7. The molecule has 38 heavy (non-hydrogen) atoms. The van der Waals surface area contributed by atoms with E-state index in [1.54, 1.807) is 0 Å². The van der Waals surface area contributed by atoms with Crippen molar-refractivity contribution in [3.63, 3.8) is 0 Å². The van der Waals surface area contributed by atoms with Crippen molar-refractivity contribution in [2.24, 2.45) is 4.99 Å². The Morgan fingerprint density at radius 1 is 1.13 bits per heavy atom. The maximum atomic E-state index is 12.8. The van der Waals surface area contributed by atoms with Crippen LogP contribution in [0.4, 0.5) is 11.6 Å². The third-order valence-corrected chi connectivity index (χ3v) is 7.09. The zero-order valence-corrected chi connectivity index (χ0v) is 21.4. The lowest BCUT2D eigenvalue weighted by Crippen LogP contribution is -2.53. The summed E-state index contributed by atoms with van der Waals surface area (Å²) in [7, 11) is 0. The molecule has 6 N–H and O–H groups in total. The third kappa shape index (κ3) is 5.54. The Bertz CT molecular complexity index is 1370. The predicted molar refractivity (Wildman–Crippen MR) is 142 cm³/mol. The monoisotopic (exact) mass is 537 g/mol. The van der Waals surface area contributed by atoms with Gasteiger partial charge in [0.05, 0.1) is 5.54 Å². The second-order valence-electron chi connectivity index (χ2n) is 9.44. The van der Waals surface area contributed by atoms with E-state index in [1.165, 1.54) is 0 Å². The summed E-state index contributed by atoms with van der Waals surface area (Å²) in [6.07, 6.45) is 3.21. The molecule has 3 aromatic rings. The number of aliphatic imine (C=N–C) groups is 1. The van der Waals surface area contributed by atoms with Crippen LogP contribution >= 0.6 is 11.6 Å². The number of nitrogens with zero attached hydrogens (tertiary/aromatic N) is 5. The van der Waals surface area contributed by atoms with E-state index in [2.05, 4.69) is 30.8 Å². The third-order valence-electron chi connectivity index (χ3n) is 6.81. The number of guanidine groups is 1. The molecule has 1 aromatic carbocycles. The molecule has 2 saturated heterocycles. The lowest BCUT2D eigenvalue weighted by molar-refractivity contribution is -0.132. The Hall–Kier alpha value is -4.19. The van der Waals surface area contributed by atoms with Gasteiger partial charge in [-0.05, 0) is 19.3 Å². The number of hydrogen-bond acceptors (Lipinski definition) is 8. The SMILES string of the molecule is Nc1nc(N)c(C(=O)/N=C2\NCC3(CCN(C(=O)CCCc4cc(-c5ccccc5)no4)CC3)N2)nc1Cl. The zero-order valence-electron chi connectivity index (χ0n) is 20.6. The number of carbonyl (C=O) groups is 2. The Kier molecular flexibility index (Phi) is 7.14. The van der Waals surface area contributed by atoms with Gasteiger partial charge in [-0.2, -0.15) is 4.99 Å². The number of amides is 2. The van der Waals surface area contributed by atoms with Crippen LogP contribution in [0.2, 0.25) is 5.15 Å². The number of benzene rings is 1. The van der Waals surface area contributed by atoms with Crippen LogP contribution < -0.4 is 22.1 Å². The lowest BCUT2D eigenvalue weighted by Gasteiger charge is -2.38. The lowest BCUT2D eigenvalue weighted by atomic mass is 9.88. The Labute approximate surface area is 223 Å². The Morgan fingerprint density at radius 2 is 1.89 bits per heavy atom. The van der Waals surface area contributed by atoms with Crippen LogP contribution in [0.5, 0.6) is 0 Å². The summed E-state index contributed by atoms with van der Waals surface area (Å²) in [5.74, 6) is 0.337.